The van der Waals surface area contributed by atoms with E-state index >= 15 is 0 Å². The Morgan fingerprint density at radius 3 is 2.79 bits per heavy atom. The number of carbonyl (C=O) groups is 1. The zero-order valence-corrected chi connectivity index (χ0v) is 20.2. The molecule has 0 aromatic heterocycles. The van der Waals surface area contributed by atoms with Crippen LogP contribution < -0.4 is 0 Å². The number of epoxide rings is 2. The Morgan fingerprint density at radius 2 is 2.00 bits per heavy atom. The van der Waals surface area contributed by atoms with Crippen molar-refractivity contribution in [2.75, 3.05) is 0 Å². The van der Waals surface area contributed by atoms with Crippen LogP contribution in [-0.2, 0) is 25.4 Å². The summed E-state index contributed by atoms with van der Waals surface area (Å²) in [5.41, 5.74) is 2.78. The van der Waals surface area contributed by atoms with Gasteiger partial charge in [0.15, 0.2) is 6.29 Å². The normalized spacial score (nSPS) is 52.5. The van der Waals surface area contributed by atoms with Gasteiger partial charge in [0.1, 0.15) is 22.6 Å². The number of aryl methyl sites for hydroxylation is 1. The second-order valence-corrected chi connectivity index (χ2v) is 12.4. The number of Topliss-reactive ketones (excluding diaryl/α,β-unsaturated/α-hetero) is 1. The predicted molar refractivity (Wildman–Crippen MR) is 122 cm³/mol. The van der Waals surface area contributed by atoms with Crippen molar-refractivity contribution in [1.82, 2.24) is 0 Å². The maximum atomic E-state index is 13.2. The minimum Gasteiger partial charge on any atom is -0.366 e. The van der Waals surface area contributed by atoms with Crippen LogP contribution >= 0.6 is 0 Å². The predicted octanol–water partition coefficient (Wildman–Crippen LogP) is 4.39. The minimum atomic E-state index is -0.878. The second kappa shape index (κ2) is 6.29. The fourth-order valence-corrected chi connectivity index (χ4v) is 8.59. The minimum absolute atomic E-state index is 0.0658. The van der Waals surface area contributed by atoms with Crippen molar-refractivity contribution >= 4 is 5.78 Å². The van der Waals surface area contributed by atoms with Gasteiger partial charge in [-0.25, -0.2) is 0 Å². The van der Waals surface area contributed by atoms with Gasteiger partial charge in [-0.05, 0) is 81.4 Å². The van der Waals surface area contributed by atoms with Crippen molar-refractivity contribution in [2.24, 2.45) is 11.3 Å². The van der Waals surface area contributed by atoms with E-state index in [1.54, 1.807) is 0 Å². The summed E-state index contributed by atoms with van der Waals surface area (Å²) < 4.78 is 18.3. The molecule has 6 aliphatic rings. The lowest BCUT2D eigenvalue weighted by atomic mass is 9.48. The van der Waals surface area contributed by atoms with Gasteiger partial charge in [0.2, 0.25) is 0 Å². The highest BCUT2D eigenvalue weighted by atomic mass is 16.7. The molecule has 1 aromatic carbocycles. The molecular formula is C28H36O5. The van der Waals surface area contributed by atoms with Crippen LogP contribution in [0.5, 0.6) is 0 Å². The molecule has 3 saturated heterocycles. The van der Waals surface area contributed by atoms with E-state index in [1.807, 2.05) is 6.92 Å². The Bertz CT molecular complexity index is 1050. The van der Waals surface area contributed by atoms with Crippen LogP contribution in [0.15, 0.2) is 18.2 Å². The SMILES string of the molecule is C[C@@H](c1ccc2c(c1)CC[C@H]1[C@H]2C[C@@H]2O[C@@]23CCCC(=O)[C@]13C)C1C[C@]2(C)O[C@]2(C)[C@H](O)O1. The van der Waals surface area contributed by atoms with Gasteiger partial charge in [-0.1, -0.05) is 25.1 Å². The number of hydrogen-bond donors (Lipinski definition) is 1. The Labute approximate surface area is 196 Å². The number of ketones is 1. The van der Waals surface area contributed by atoms with Crippen LogP contribution in [-0.4, -0.2) is 46.2 Å². The number of hydrogen-bond acceptors (Lipinski definition) is 5. The monoisotopic (exact) mass is 452 g/mol. The van der Waals surface area contributed by atoms with Crippen LogP contribution in [0, 0.1) is 11.3 Å². The zero-order valence-electron chi connectivity index (χ0n) is 20.2. The Morgan fingerprint density at radius 1 is 1.18 bits per heavy atom. The molecule has 3 heterocycles. The molecular weight excluding hydrogens is 416 g/mol. The number of fused-ring (bicyclic) bond motifs is 5. The van der Waals surface area contributed by atoms with Crippen LogP contribution in [0.3, 0.4) is 0 Å². The number of rotatable bonds is 2. The summed E-state index contributed by atoms with van der Waals surface area (Å²) in [4.78, 5) is 13.2. The molecule has 1 unspecified atom stereocenters. The van der Waals surface area contributed by atoms with E-state index in [2.05, 4.69) is 39.0 Å². The lowest BCUT2D eigenvalue weighted by molar-refractivity contribution is -0.187. The molecule has 0 bridgehead atoms. The van der Waals surface area contributed by atoms with Crippen molar-refractivity contribution in [2.45, 2.75) is 120 Å². The molecule has 5 nitrogen and oxygen atoms in total. The molecule has 178 valence electrons. The number of ether oxygens (including phenoxy) is 3. The van der Waals surface area contributed by atoms with Crippen LogP contribution in [0.2, 0.25) is 0 Å². The first-order valence-electron chi connectivity index (χ1n) is 13.0. The molecule has 10 atom stereocenters. The summed E-state index contributed by atoms with van der Waals surface area (Å²) in [6.07, 6.45) is 6.02. The molecule has 3 aliphatic heterocycles. The maximum Gasteiger partial charge on any atom is 0.186 e. The highest BCUT2D eigenvalue weighted by Crippen LogP contribution is 2.70. The average Bonchev–Trinajstić information content (AvgIpc) is 3.64. The molecule has 3 aliphatic carbocycles. The van der Waals surface area contributed by atoms with Crippen molar-refractivity contribution in [3.8, 4) is 0 Å². The number of aliphatic hydroxyl groups is 1. The molecule has 33 heavy (non-hydrogen) atoms. The molecule has 1 N–H and O–H groups in total. The number of carbonyl (C=O) groups excluding carboxylic acids is 1. The third kappa shape index (κ3) is 2.45. The fraction of sp³-hybridized carbons (Fsp3) is 0.750. The molecule has 5 fully saturated rings. The Balaban J connectivity index is 1.17. The molecule has 2 saturated carbocycles. The van der Waals surface area contributed by atoms with Gasteiger partial charge in [0.25, 0.3) is 0 Å². The molecule has 5 heteroatoms. The highest BCUT2D eigenvalue weighted by Gasteiger charge is 2.76. The van der Waals surface area contributed by atoms with Gasteiger partial charge in [-0.15, -0.1) is 0 Å². The smallest absolute Gasteiger partial charge is 0.186 e. The quantitative estimate of drug-likeness (QED) is 0.674. The Kier molecular flexibility index (Phi) is 4.01. The lowest BCUT2D eigenvalue weighted by Gasteiger charge is -2.52. The summed E-state index contributed by atoms with van der Waals surface area (Å²) >= 11 is 0. The Hall–Kier alpha value is -1.27. The van der Waals surface area contributed by atoms with Gasteiger partial charge < -0.3 is 19.3 Å². The zero-order chi connectivity index (χ0) is 23.0. The third-order valence-electron chi connectivity index (χ3n) is 11.1. The van der Waals surface area contributed by atoms with E-state index in [0.717, 1.165) is 44.9 Å². The molecule has 7 rings (SSSR count). The second-order valence-electron chi connectivity index (χ2n) is 12.4. The van der Waals surface area contributed by atoms with E-state index in [4.69, 9.17) is 14.2 Å². The largest absolute Gasteiger partial charge is 0.366 e. The fourth-order valence-electron chi connectivity index (χ4n) is 8.59. The van der Waals surface area contributed by atoms with Gasteiger partial charge in [-0.3, -0.25) is 4.79 Å². The molecule has 1 aromatic rings. The summed E-state index contributed by atoms with van der Waals surface area (Å²) in [6.45, 7) is 8.45. The summed E-state index contributed by atoms with van der Waals surface area (Å²) in [5.74, 6) is 1.42. The average molecular weight is 453 g/mol. The highest BCUT2D eigenvalue weighted by molar-refractivity contribution is 5.88. The first-order chi connectivity index (χ1) is 15.6. The first kappa shape index (κ1) is 21.0. The van der Waals surface area contributed by atoms with E-state index in [9.17, 15) is 9.90 Å². The van der Waals surface area contributed by atoms with Gasteiger partial charge in [0, 0.05) is 18.8 Å². The lowest BCUT2D eigenvalue weighted by Crippen LogP contribution is -2.57. The van der Waals surface area contributed by atoms with E-state index in [1.165, 1.54) is 16.7 Å². The van der Waals surface area contributed by atoms with Gasteiger partial charge in [-0.2, -0.15) is 0 Å². The summed E-state index contributed by atoms with van der Waals surface area (Å²) in [5, 5.41) is 10.5. The molecule has 0 radical (unpaired) electrons. The third-order valence-corrected chi connectivity index (χ3v) is 11.1. The molecule has 1 spiro atoms. The standard InChI is InChI=1S/C28H36O5/c1-15(21-14-25(2)27(4,33-25)24(30)31-21)16-7-9-18-17(12-16)8-10-20-19(18)13-23-28(32-23)11-5-6-22(29)26(20,28)3/h7,9,12,15,19-21,23-24,30H,5-6,8,10-11,13-14H2,1-4H3/t15-,19-,20-,21?,23-,24+,25-,26-,27+,28-/m0/s1. The number of aliphatic hydroxyl groups excluding tert-OH is 1. The van der Waals surface area contributed by atoms with Crippen molar-refractivity contribution in [1.29, 1.82) is 0 Å². The van der Waals surface area contributed by atoms with E-state index in [0.29, 0.717) is 17.6 Å². The van der Waals surface area contributed by atoms with E-state index < -0.39 is 11.9 Å². The van der Waals surface area contributed by atoms with Crippen LogP contribution in [0.1, 0.15) is 94.7 Å². The van der Waals surface area contributed by atoms with Crippen molar-refractivity contribution in [3.63, 3.8) is 0 Å². The topological polar surface area (TPSA) is 71.6 Å². The van der Waals surface area contributed by atoms with Crippen molar-refractivity contribution in [3.05, 3.63) is 34.9 Å². The van der Waals surface area contributed by atoms with Gasteiger partial charge in [0.05, 0.1) is 17.6 Å². The van der Waals surface area contributed by atoms with Crippen molar-refractivity contribution < 1.29 is 24.1 Å². The number of benzene rings is 1. The van der Waals surface area contributed by atoms with Crippen LogP contribution in [0.4, 0.5) is 0 Å². The van der Waals surface area contributed by atoms with Crippen LogP contribution in [0.25, 0.3) is 0 Å². The van der Waals surface area contributed by atoms with E-state index in [-0.39, 0.29) is 34.7 Å². The summed E-state index contributed by atoms with van der Waals surface area (Å²) in [6, 6.07) is 6.95. The first-order valence-corrected chi connectivity index (χ1v) is 13.0. The maximum absolute atomic E-state index is 13.2. The summed E-state index contributed by atoms with van der Waals surface area (Å²) in [7, 11) is 0. The molecule has 0 amide bonds. The van der Waals surface area contributed by atoms with Gasteiger partial charge >= 0.3 is 0 Å².